The van der Waals surface area contributed by atoms with E-state index in [-0.39, 0.29) is 32.8 Å². The molecule has 0 spiro atoms. The smallest absolute Gasteiger partial charge is 0.397 e. The number of aryl methyl sites for hydroxylation is 1. The van der Waals surface area contributed by atoms with Crippen LogP contribution in [0.5, 0.6) is 5.75 Å². The second-order valence-corrected chi connectivity index (χ2v) is 12.2. The second-order valence-electron chi connectivity index (χ2n) is 7.64. The van der Waals surface area contributed by atoms with E-state index in [0.717, 1.165) is 12.1 Å². The molecule has 0 bridgehead atoms. The fourth-order valence-corrected chi connectivity index (χ4v) is 5.46. The molecule has 36 heavy (non-hydrogen) atoms. The van der Waals surface area contributed by atoms with Crippen LogP contribution in [0.1, 0.15) is 11.1 Å². The maximum atomic E-state index is 12.5. The van der Waals surface area contributed by atoms with E-state index in [1.807, 2.05) is 0 Å². The number of azo groups is 1. The minimum atomic E-state index is -4.81. The SMILES string of the molecule is Cc1cc2cc(S(=O)(=O)O)c(N)c(N=Nc3cccc(S(=O)(=O)CCOS(=O)(=O)O)c3)c2c(O)c1C. The molecule has 0 radical (unpaired) electrons. The number of nitrogens with zero attached hydrogens (tertiary/aromatic N) is 2. The van der Waals surface area contributed by atoms with Crippen molar-refractivity contribution in [3.8, 4) is 5.75 Å². The first-order valence-corrected chi connectivity index (χ1v) is 14.4. The number of sulfone groups is 1. The lowest BCUT2D eigenvalue weighted by atomic mass is 9.99. The van der Waals surface area contributed by atoms with Gasteiger partial charge in [0.15, 0.2) is 9.84 Å². The molecule has 0 unspecified atom stereocenters. The van der Waals surface area contributed by atoms with Gasteiger partial charge in [-0.25, -0.2) is 12.6 Å². The van der Waals surface area contributed by atoms with E-state index >= 15 is 0 Å². The number of fused-ring (bicyclic) bond motifs is 1. The molecular formula is C20H21N3O10S3. The molecule has 0 amide bonds. The summed E-state index contributed by atoms with van der Waals surface area (Å²) in [5.74, 6) is -1.00. The molecule has 3 aromatic rings. The molecule has 0 aliphatic carbocycles. The summed E-state index contributed by atoms with van der Waals surface area (Å²) in [6.45, 7) is 2.49. The maximum absolute atomic E-state index is 12.5. The Kier molecular flexibility index (Phi) is 7.41. The Balaban J connectivity index is 2.11. The van der Waals surface area contributed by atoms with E-state index in [1.165, 1.54) is 18.2 Å². The lowest BCUT2D eigenvalue weighted by Gasteiger charge is -2.14. The molecule has 16 heteroatoms. The predicted molar refractivity (Wildman–Crippen MR) is 129 cm³/mol. The fraction of sp³-hybridized carbons (Fsp3) is 0.200. The Morgan fingerprint density at radius 1 is 0.972 bits per heavy atom. The van der Waals surface area contributed by atoms with Gasteiger partial charge in [0.25, 0.3) is 10.1 Å². The first-order chi connectivity index (χ1) is 16.5. The molecule has 0 heterocycles. The van der Waals surface area contributed by atoms with Gasteiger partial charge >= 0.3 is 10.4 Å². The van der Waals surface area contributed by atoms with Crippen molar-refractivity contribution in [2.45, 2.75) is 23.6 Å². The summed E-state index contributed by atoms with van der Waals surface area (Å²) in [4.78, 5) is -0.918. The van der Waals surface area contributed by atoms with Gasteiger partial charge in [0, 0.05) is 0 Å². The summed E-state index contributed by atoms with van der Waals surface area (Å²) < 4.78 is 92.2. The monoisotopic (exact) mass is 559 g/mol. The van der Waals surface area contributed by atoms with Crippen molar-refractivity contribution in [2.24, 2.45) is 10.2 Å². The van der Waals surface area contributed by atoms with E-state index in [4.69, 9.17) is 10.3 Å². The van der Waals surface area contributed by atoms with E-state index in [1.54, 1.807) is 19.9 Å². The molecule has 13 nitrogen and oxygen atoms in total. The van der Waals surface area contributed by atoms with Crippen LogP contribution in [0.2, 0.25) is 0 Å². The number of anilines is 1. The topological polar surface area (TPSA) is 223 Å². The van der Waals surface area contributed by atoms with Crippen molar-refractivity contribution in [1.29, 1.82) is 0 Å². The molecule has 0 aromatic heterocycles. The molecule has 0 atom stereocenters. The first-order valence-electron chi connectivity index (χ1n) is 9.90. The molecule has 3 aromatic carbocycles. The van der Waals surface area contributed by atoms with Crippen LogP contribution in [0.3, 0.4) is 0 Å². The Morgan fingerprint density at radius 2 is 1.64 bits per heavy atom. The number of aromatic hydroxyl groups is 1. The number of nitrogens with two attached hydrogens (primary N) is 1. The largest absolute Gasteiger partial charge is 0.507 e. The van der Waals surface area contributed by atoms with Crippen LogP contribution in [-0.4, -0.2) is 51.8 Å². The number of hydrogen-bond acceptors (Lipinski definition) is 11. The molecule has 0 aliphatic rings. The zero-order chi connectivity index (χ0) is 27.1. The maximum Gasteiger partial charge on any atom is 0.397 e. The van der Waals surface area contributed by atoms with Crippen molar-refractivity contribution >= 4 is 58.2 Å². The summed E-state index contributed by atoms with van der Waals surface area (Å²) in [7, 11) is -13.6. The summed E-state index contributed by atoms with van der Waals surface area (Å²) >= 11 is 0. The average molecular weight is 560 g/mol. The number of rotatable bonds is 8. The lowest BCUT2D eigenvalue weighted by molar-refractivity contribution is 0.284. The Hall–Kier alpha value is -3.15. The van der Waals surface area contributed by atoms with E-state index in [0.29, 0.717) is 11.1 Å². The highest BCUT2D eigenvalue weighted by atomic mass is 32.3. The molecule has 0 saturated carbocycles. The predicted octanol–water partition coefficient (Wildman–Crippen LogP) is 3.00. The molecule has 0 saturated heterocycles. The molecule has 194 valence electrons. The number of benzene rings is 3. The molecular weight excluding hydrogens is 538 g/mol. The van der Waals surface area contributed by atoms with Crippen LogP contribution in [0.25, 0.3) is 10.8 Å². The van der Waals surface area contributed by atoms with Gasteiger partial charge in [-0.15, -0.1) is 5.11 Å². The van der Waals surface area contributed by atoms with Crippen LogP contribution in [0.15, 0.2) is 56.4 Å². The Morgan fingerprint density at radius 3 is 2.25 bits per heavy atom. The van der Waals surface area contributed by atoms with Crippen molar-refractivity contribution < 1.29 is 43.6 Å². The zero-order valence-corrected chi connectivity index (χ0v) is 21.2. The highest BCUT2D eigenvalue weighted by Gasteiger charge is 2.23. The number of phenolic OH excluding ortho intramolecular Hbond substituents is 1. The standard InChI is InChI=1S/C20H21N3O10S3/c1-11-8-13-9-16(35(27,28)29)18(21)19(17(13)20(24)12(11)2)23-22-14-4-3-5-15(10-14)34(25,26)7-6-33-36(30,31)32/h3-5,8-10,24H,6-7,21H2,1-2H3,(H,27,28,29)(H,30,31,32). The van der Waals surface area contributed by atoms with Crippen molar-refractivity contribution in [1.82, 2.24) is 0 Å². The highest BCUT2D eigenvalue weighted by molar-refractivity contribution is 7.91. The highest BCUT2D eigenvalue weighted by Crippen LogP contribution is 2.44. The summed E-state index contributed by atoms with van der Waals surface area (Å²) in [6, 6.07) is 7.67. The van der Waals surface area contributed by atoms with E-state index in [9.17, 15) is 34.9 Å². The van der Waals surface area contributed by atoms with Gasteiger partial charge in [-0.05, 0) is 54.6 Å². The number of phenols is 1. The average Bonchev–Trinajstić information content (AvgIpc) is 2.75. The van der Waals surface area contributed by atoms with Crippen LogP contribution in [-0.2, 0) is 34.5 Å². The lowest BCUT2D eigenvalue weighted by Crippen LogP contribution is -2.15. The third kappa shape index (κ3) is 5.97. The third-order valence-electron chi connectivity index (χ3n) is 5.19. The Labute approximate surface area is 206 Å². The quantitative estimate of drug-likeness (QED) is 0.178. The third-order valence-corrected chi connectivity index (χ3v) is 8.23. The Bertz CT molecular complexity index is 1720. The van der Waals surface area contributed by atoms with Crippen molar-refractivity contribution in [3.05, 3.63) is 47.5 Å². The van der Waals surface area contributed by atoms with E-state index < -0.39 is 53.3 Å². The van der Waals surface area contributed by atoms with Gasteiger partial charge in [0.05, 0.1) is 34.0 Å². The van der Waals surface area contributed by atoms with Crippen molar-refractivity contribution in [3.63, 3.8) is 0 Å². The van der Waals surface area contributed by atoms with Gasteiger partial charge in [-0.1, -0.05) is 12.1 Å². The van der Waals surface area contributed by atoms with Gasteiger partial charge in [0.2, 0.25) is 0 Å². The van der Waals surface area contributed by atoms with Crippen LogP contribution >= 0.6 is 0 Å². The normalized spacial score (nSPS) is 13.0. The minimum Gasteiger partial charge on any atom is -0.507 e. The zero-order valence-electron chi connectivity index (χ0n) is 18.8. The van der Waals surface area contributed by atoms with Crippen LogP contribution in [0, 0.1) is 13.8 Å². The van der Waals surface area contributed by atoms with Gasteiger partial charge < -0.3 is 10.8 Å². The van der Waals surface area contributed by atoms with Gasteiger partial charge in [0.1, 0.15) is 16.3 Å². The van der Waals surface area contributed by atoms with Crippen molar-refractivity contribution in [2.75, 3.05) is 18.1 Å². The fourth-order valence-electron chi connectivity index (χ4n) is 3.29. The molecule has 0 aliphatic heterocycles. The van der Waals surface area contributed by atoms with Crippen LogP contribution in [0.4, 0.5) is 17.1 Å². The number of nitrogen functional groups attached to an aromatic ring is 1. The van der Waals surface area contributed by atoms with Crippen LogP contribution < -0.4 is 5.73 Å². The first kappa shape index (κ1) is 27.4. The molecule has 0 fully saturated rings. The van der Waals surface area contributed by atoms with E-state index in [2.05, 4.69) is 14.4 Å². The summed E-state index contributed by atoms with van der Waals surface area (Å²) in [5, 5.41) is 18.9. The van der Waals surface area contributed by atoms with Gasteiger partial charge in [-0.3, -0.25) is 9.11 Å². The molecule has 3 rings (SSSR count). The second kappa shape index (κ2) is 9.72. The number of hydrogen-bond donors (Lipinski definition) is 4. The van der Waals surface area contributed by atoms with Gasteiger partial charge in [-0.2, -0.15) is 21.9 Å². The molecule has 5 N–H and O–H groups in total. The minimum absolute atomic E-state index is 0.0140. The summed E-state index contributed by atoms with van der Waals surface area (Å²) in [6.07, 6.45) is 0. The summed E-state index contributed by atoms with van der Waals surface area (Å²) in [5.41, 5.74) is 6.29.